The van der Waals surface area contributed by atoms with Gasteiger partial charge in [0.05, 0.1) is 22.1 Å². The lowest BCUT2D eigenvalue weighted by molar-refractivity contribution is -0.119. The Morgan fingerprint density at radius 3 is 2.64 bits per heavy atom. The van der Waals surface area contributed by atoms with E-state index in [1.807, 2.05) is 20.8 Å². The third-order valence-corrected chi connectivity index (χ3v) is 4.15. The minimum atomic E-state index is -0.536. The smallest absolute Gasteiger partial charge is 0.249 e. The predicted octanol–water partition coefficient (Wildman–Crippen LogP) is 4.19. The van der Waals surface area contributed by atoms with E-state index in [0.29, 0.717) is 17.1 Å². The lowest BCUT2D eigenvalue weighted by atomic mass is 10.1. The molecule has 4 nitrogen and oxygen atoms in total. The highest BCUT2D eigenvalue weighted by molar-refractivity contribution is 6.31. The van der Waals surface area contributed by atoms with Crippen molar-refractivity contribution in [3.05, 3.63) is 46.0 Å². The molecule has 0 aliphatic heterocycles. The van der Waals surface area contributed by atoms with Crippen LogP contribution in [-0.2, 0) is 4.79 Å². The molecule has 0 fully saturated rings. The van der Waals surface area contributed by atoms with Crippen LogP contribution in [0.15, 0.2) is 18.2 Å². The SMILES string of the molecule is CCC(C(=O)Nc1cc(C)ccc1F)n1nc(C)c(Cl)c1C. The first-order valence-corrected chi connectivity index (χ1v) is 7.51. The Morgan fingerprint density at radius 1 is 1.41 bits per heavy atom. The number of nitrogens with one attached hydrogen (secondary N) is 1. The standard InChI is InChI=1S/C16H19ClFN3O/c1-5-14(21-11(4)15(17)10(3)20-21)16(22)19-13-8-9(2)6-7-12(13)18/h6-8,14H,5H2,1-4H3,(H,19,22). The molecule has 1 aromatic heterocycles. The molecule has 0 aliphatic rings. The van der Waals surface area contributed by atoms with E-state index in [-0.39, 0.29) is 11.6 Å². The summed E-state index contributed by atoms with van der Waals surface area (Å²) in [6, 6.07) is 4.06. The maximum absolute atomic E-state index is 13.8. The van der Waals surface area contributed by atoms with E-state index in [4.69, 9.17) is 11.6 Å². The first kappa shape index (κ1) is 16.5. The first-order valence-electron chi connectivity index (χ1n) is 7.13. The Hall–Kier alpha value is -1.88. The van der Waals surface area contributed by atoms with Crippen molar-refractivity contribution in [3.63, 3.8) is 0 Å². The van der Waals surface area contributed by atoms with E-state index in [9.17, 15) is 9.18 Å². The molecular formula is C16H19ClFN3O. The minimum Gasteiger partial charge on any atom is -0.322 e. The quantitative estimate of drug-likeness (QED) is 0.917. The van der Waals surface area contributed by atoms with Crippen LogP contribution in [0.1, 0.15) is 36.3 Å². The normalized spacial score (nSPS) is 12.3. The molecule has 0 bridgehead atoms. The van der Waals surface area contributed by atoms with Gasteiger partial charge in [0, 0.05) is 0 Å². The summed E-state index contributed by atoms with van der Waals surface area (Å²) in [5, 5.41) is 7.50. The number of aromatic nitrogens is 2. The fourth-order valence-corrected chi connectivity index (χ4v) is 2.49. The molecule has 0 radical (unpaired) electrons. The molecule has 118 valence electrons. The molecule has 1 atom stereocenters. The minimum absolute atomic E-state index is 0.177. The lowest BCUT2D eigenvalue weighted by Crippen LogP contribution is -2.27. The van der Waals surface area contributed by atoms with Gasteiger partial charge in [-0.25, -0.2) is 4.39 Å². The van der Waals surface area contributed by atoms with Gasteiger partial charge in [-0.3, -0.25) is 9.48 Å². The van der Waals surface area contributed by atoms with Crippen molar-refractivity contribution in [2.24, 2.45) is 0 Å². The van der Waals surface area contributed by atoms with Gasteiger partial charge in [-0.15, -0.1) is 0 Å². The number of nitrogens with zero attached hydrogens (tertiary/aromatic N) is 2. The Bertz CT molecular complexity index is 712. The molecule has 0 saturated carbocycles. The van der Waals surface area contributed by atoms with Crippen LogP contribution in [0, 0.1) is 26.6 Å². The Morgan fingerprint density at radius 2 is 2.09 bits per heavy atom. The Balaban J connectivity index is 2.29. The zero-order chi connectivity index (χ0) is 16.4. The molecule has 0 aliphatic carbocycles. The maximum atomic E-state index is 13.8. The van der Waals surface area contributed by atoms with Crippen molar-refractivity contribution in [2.45, 2.75) is 40.2 Å². The van der Waals surface area contributed by atoms with Gasteiger partial charge in [-0.1, -0.05) is 24.6 Å². The van der Waals surface area contributed by atoms with Gasteiger partial charge in [0.1, 0.15) is 11.9 Å². The zero-order valence-electron chi connectivity index (χ0n) is 13.1. The lowest BCUT2D eigenvalue weighted by Gasteiger charge is -2.17. The van der Waals surface area contributed by atoms with Crippen LogP contribution in [0.4, 0.5) is 10.1 Å². The van der Waals surface area contributed by atoms with Crippen molar-refractivity contribution in [2.75, 3.05) is 5.32 Å². The number of halogens is 2. The van der Waals surface area contributed by atoms with Crippen LogP contribution in [-0.4, -0.2) is 15.7 Å². The number of rotatable bonds is 4. The van der Waals surface area contributed by atoms with Gasteiger partial charge >= 0.3 is 0 Å². The fourth-order valence-electron chi connectivity index (χ4n) is 2.37. The summed E-state index contributed by atoms with van der Waals surface area (Å²) in [6.45, 7) is 7.32. The van der Waals surface area contributed by atoms with Crippen LogP contribution in [0.3, 0.4) is 0 Å². The molecule has 1 N–H and O–H groups in total. The topological polar surface area (TPSA) is 46.9 Å². The second kappa shape index (κ2) is 6.48. The summed E-state index contributed by atoms with van der Waals surface area (Å²) in [4.78, 5) is 12.5. The average molecular weight is 324 g/mol. The molecule has 1 heterocycles. The van der Waals surface area contributed by atoms with E-state index in [2.05, 4.69) is 10.4 Å². The van der Waals surface area contributed by atoms with Gasteiger partial charge < -0.3 is 5.32 Å². The molecule has 1 aromatic carbocycles. The Kier molecular flexibility index (Phi) is 4.86. The van der Waals surface area contributed by atoms with Crippen molar-refractivity contribution in [3.8, 4) is 0 Å². The molecule has 22 heavy (non-hydrogen) atoms. The second-order valence-electron chi connectivity index (χ2n) is 5.33. The van der Waals surface area contributed by atoms with Crippen LogP contribution < -0.4 is 5.32 Å². The largest absolute Gasteiger partial charge is 0.322 e. The number of carbonyl (C=O) groups is 1. The highest BCUT2D eigenvalue weighted by Crippen LogP contribution is 2.25. The second-order valence-corrected chi connectivity index (χ2v) is 5.70. The van der Waals surface area contributed by atoms with Gasteiger partial charge in [-0.05, 0) is 44.9 Å². The predicted molar refractivity (Wildman–Crippen MR) is 85.8 cm³/mol. The summed E-state index contributed by atoms with van der Waals surface area (Å²) in [5.74, 6) is -0.769. The van der Waals surface area contributed by atoms with Crippen LogP contribution in [0.25, 0.3) is 0 Å². The van der Waals surface area contributed by atoms with Gasteiger partial charge in [0.25, 0.3) is 0 Å². The molecule has 1 unspecified atom stereocenters. The summed E-state index contributed by atoms with van der Waals surface area (Å²) in [5.41, 5.74) is 2.45. The third kappa shape index (κ3) is 3.14. The average Bonchev–Trinajstić information content (AvgIpc) is 2.72. The van der Waals surface area contributed by atoms with E-state index >= 15 is 0 Å². The number of carbonyl (C=O) groups excluding carboxylic acids is 1. The molecule has 2 rings (SSSR count). The van der Waals surface area contributed by atoms with Crippen molar-refractivity contribution in [1.82, 2.24) is 9.78 Å². The van der Waals surface area contributed by atoms with E-state index < -0.39 is 11.9 Å². The molecule has 1 amide bonds. The fraction of sp³-hybridized carbons (Fsp3) is 0.375. The Labute approximate surface area is 134 Å². The summed E-state index contributed by atoms with van der Waals surface area (Å²) >= 11 is 6.14. The molecule has 0 saturated heterocycles. The van der Waals surface area contributed by atoms with E-state index in [1.54, 1.807) is 23.7 Å². The van der Waals surface area contributed by atoms with Gasteiger partial charge in [0.2, 0.25) is 5.91 Å². The number of anilines is 1. The van der Waals surface area contributed by atoms with Gasteiger partial charge in [-0.2, -0.15) is 5.10 Å². The van der Waals surface area contributed by atoms with E-state index in [1.165, 1.54) is 6.07 Å². The van der Waals surface area contributed by atoms with Crippen molar-refractivity contribution in [1.29, 1.82) is 0 Å². The number of amides is 1. The van der Waals surface area contributed by atoms with Crippen molar-refractivity contribution >= 4 is 23.2 Å². The number of hydrogen-bond donors (Lipinski definition) is 1. The summed E-state index contributed by atoms with van der Waals surface area (Å²) in [6.07, 6.45) is 0.525. The number of aryl methyl sites for hydroxylation is 2. The summed E-state index contributed by atoms with van der Waals surface area (Å²) in [7, 11) is 0. The van der Waals surface area contributed by atoms with Crippen LogP contribution in [0.2, 0.25) is 5.02 Å². The first-order chi connectivity index (χ1) is 10.3. The molecular weight excluding hydrogens is 305 g/mol. The molecule has 0 spiro atoms. The zero-order valence-corrected chi connectivity index (χ0v) is 13.8. The highest BCUT2D eigenvalue weighted by Gasteiger charge is 2.24. The number of hydrogen-bond acceptors (Lipinski definition) is 2. The third-order valence-electron chi connectivity index (χ3n) is 3.60. The maximum Gasteiger partial charge on any atom is 0.249 e. The van der Waals surface area contributed by atoms with Crippen LogP contribution in [0.5, 0.6) is 0 Å². The molecule has 2 aromatic rings. The van der Waals surface area contributed by atoms with E-state index in [0.717, 1.165) is 11.3 Å². The summed E-state index contributed by atoms with van der Waals surface area (Å²) < 4.78 is 15.4. The van der Waals surface area contributed by atoms with Gasteiger partial charge in [0.15, 0.2) is 0 Å². The van der Waals surface area contributed by atoms with Crippen molar-refractivity contribution < 1.29 is 9.18 Å². The molecule has 6 heteroatoms. The number of benzene rings is 1. The van der Waals surface area contributed by atoms with Crippen LogP contribution >= 0.6 is 11.6 Å². The highest BCUT2D eigenvalue weighted by atomic mass is 35.5. The monoisotopic (exact) mass is 323 g/mol.